The molecule has 4 nitrogen and oxygen atoms in total. The zero-order valence-electron chi connectivity index (χ0n) is 10.8. The number of aliphatic hydroxyl groups excluding tert-OH is 1. The third-order valence-electron chi connectivity index (χ3n) is 3.42. The lowest BCUT2D eigenvalue weighted by Gasteiger charge is -2.34. The van der Waals surface area contributed by atoms with Crippen LogP contribution in [0.1, 0.15) is 17.1 Å². The number of β-amino-alcohol motifs (C(OH)–C–C–N with tert-alkyl or cyclic N) is 1. The van der Waals surface area contributed by atoms with Crippen molar-refractivity contribution in [2.45, 2.75) is 20.4 Å². The fourth-order valence-electron chi connectivity index (χ4n) is 2.39. The summed E-state index contributed by atoms with van der Waals surface area (Å²) in [6.07, 6.45) is 0. The third kappa shape index (κ3) is 3.31. The molecule has 1 fully saturated rings. The van der Waals surface area contributed by atoms with E-state index >= 15 is 0 Å². The summed E-state index contributed by atoms with van der Waals surface area (Å²) in [7, 11) is 0. The number of nitrogens with zero attached hydrogens (tertiary/aromatic N) is 2. The zero-order chi connectivity index (χ0) is 12.3. The molecule has 0 aliphatic carbocycles. The molecule has 1 saturated heterocycles. The van der Waals surface area contributed by atoms with E-state index in [-0.39, 0.29) is 6.61 Å². The van der Waals surface area contributed by atoms with Crippen LogP contribution >= 0.6 is 0 Å². The minimum absolute atomic E-state index is 0.264. The van der Waals surface area contributed by atoms with Gasteiger partial charge in [-0.3, -0.25) is 9.80 Å². The topological polar surface area (TPSA) is 39.9 Å². The minimum atomic E-state index is 0.264. The number of rotatable bonds is 4. The maximum atomic E-state index is 8.89. The third-order valence-corrected chi connectivity index (χ3v) is 3.42. The quantitative estimate of drug-likeness (QED) is 0.849. The molecule has 0 bridgehead atoms. The molecule has 1 aliphatic rings. The Morgan fingerprint density at radius 2 is 1.82 bits per heavy atom. The van der Waals surface area contributed by atoms with Crippen LogP contribution in [0.4, 0.5) is 0 Å². The van der Waals surface area contributed by atoms with Gasteiger partial charge in [0.25, 0.3) is 0 Å². The summed E-state index contributed by atoms with van der Waals surface area (Å²) in [6.45, 7) is 10.3. The van der Waals surface area contributed by atoms with Crippen molar-refractivity contribution in [3.05, 3.63) is 23.2 Å². The van der Waals surface area contributed by atoms with Crippen LogP contribution in [0.2, 0.25) is 0 Å². The summed E-state index contributed by atoms with van der Waals surface area (Å²) in [5.74, 6) is 2.04. The van der Waals surface area contributed by atoms with Gasteiger partial charge >= 0.3 is 0 Å². The Kier molecular flexibility index (Phi) is 4.20. The largest absolute Gasteiger partial charge is 0.466 e. The summed E-state index contributed by atoms with van der Waals surface area (Å²) in [5.41, 5.74) is 1.30. The van der Waals surface area contributed by atoms with Crippen LogP contribution in [0.5, 0.6) is 0 Å². The van der Waals surface area contributed by atoms with Gasteiger partial charge in [0.15, 0.2) is 0 Å². The molecule has 1 aromatic heterocycles. The van der Waals surface area contributed by atoms with Crippen molar-refractivity contribution in [2.24, 2.45) is 0 Å². The highest BCUT2D eigenvalue weighted by Crippen LogP contribution is 2.16. The second-order valence-electron chi connectivity index (χ2n) is 4.78. The fourth-order valence-corrected chi connectivity index (χ4v) is 2.39. The molecule has 0 saturated carbocycles. The van der Waals surface area contributed by atoms with E-state index in [1.807, 2.05) is 13.8 Å². The lowest BCUT2D eigenvalue weighted by molar-refractivity contribution is 0.108. The summed E-state index contributed by atoms with van der Waals surface area (Å²) >= 11 is 0. The van der Waals surface area contributed by atoms with Gasteiger partial charge in [-0.05, 0) is 19.9 Å². The summed E-state index contributed by atoms with van der Waals surface area (Å²) < 4.78 is 5.55. The van der Waals surface area contributed by atoms with Crippen LogP contribution in [-0.2, 0) is 6.54 Å². The van der Waals surface area contributed by atoms with E-state index in [0.717, 1.165) is 50.8 Å². The molecule has 2 heterocycles. The van der Waals surface area contributed by atoms with E-state index in [1.54, 1.807) is 0 Å². The minimum Gasteiger partial charge on any atom is -0.466 e. The SMILES string of the molecule is Cc1cc(CN2CCN(CCO)CC2)c(C)o1. The molecule has 1 N–H and O–H groups in total. The number of hydrogen-bond donors (Lipinski definition) is 1. The summed E-state index contributed by atoms with van der Waals surface area (Å²) in [5, 5.41) is 8.89. The van der Waals surface area contributed by atoms with Crippen molar-refractivity contribution in [1.82, 2.24) is 9.80 Å². The highest BCUT2D eigenvalue weighted by Gasteiger charge is 2.17. The number of aryl methyl sites for hydroxylation is 2. The van der Waals surface area contributed by atoms with Gasteiger partial charge < -0.3 is 9.52 Å². The van der Waals surface area contributed by atoms with Crippen molar-refractivity contribution >= 4 is 0 Å². The second-order valence-corrected chi connectivity index (χ2v) is 4.78. The predicted molar refractivity (Wildman–Crippen MR) is 67.0 cm³/mol. The lowest BCUT2D eigenvalue weighted by Crippen LogP contribution is -2.46. The predicted octanol–water partition coefficient (Wildman–Crippen LogP) is 1.01. The van der Waals surface area contributed by atoms with Crippen LogP contribution in [-0.4, -0.2) is 54.2 Å². The van der Waals surface area contributed by atoms with E-state index in [9.17, 15) is 0 Å². The van der Waals surface area contributed by atoms with Crippen molar-refractivity contribution in [3.63, 3.8) is 0 Å². The Bertz CT molecular complexity index is 354. The van der Waals surface area contributed by atoms with Gasteiger partial charge in [-0.2, -0.15) is 0 Å². The first-order valence-corrected chi connectivity index (χ1v) is 6.30. The van der Waals surface area contributed by atoms with Gasteiger partial charge in [0.1, 0.15) is 11.5 Å². The van der Waals surface area contributed by atoms with E-state index in [1.165, 1.54) is 5.56 Å². The van der Waals surface area contributed by atoms with Gasteiger partial charge in [-0.1, -0.05) is 0 Å². The molecule has 1 aromatic rings. The van der Waals surface area contributed by atoms with Crippen molar-refractivity contribution in [1.29, 1.82) is 0 Å². The molecular weight excluding hydrogens is 216 g/mol. The zero-order valence-corrected chi connectivity index (χ0v) is 10.8. The monoisotopic (exact) mass is 238 g/mol. The Labute approximate surface area is 103 Å². The summed E-state index contributed by atoms with van der Waals surface area (Å²) in [4.78, 5) is 4.76. The van der Waals surface area contributed by atoms with E-state index in [4.69, 9.17) is 9.52 Å². The van der Waals surface area contributed by atoms with Crippen LogP contribution in [0, 0.1) is 13.8 Å². The average Bonchev–Trinajstić information content (AvgIpc) is 2.61. The van der Waals surface area contributed by atoms with Crippen molar-refractivity contribution in [2.75, 3.05) is 39.3 Å². The van der Waals surface area contributed by atoms with E-state index in [2.05, 4.69) is 15.9 Å². The molecule has 0 spiro atoms. The molecule has 17 heavy (non-hydrogen) atoms. The number of piperazine rings is 1. The number of aliphatic hydroxyl groups is 1. The van der Waals surface area contributed by atoms with Gasteiger partial charge in [0.05, 0.1) is 6.61 Å². The molecule has 0 amide bonds. The number of furan rings is 1. The standard InChI is InChI=1S/C13H22N2O2/c1-11-9-13(12(2)17-11)10-15-5-3-14(4-6-15)7-8-16/h9,16H,3-8,10H2,1-2H3. The van der Waals surface area contributed by atoms with Gasteiger partial charge in [0, 0.05) is 44.8 Å². The highest BCUT2D eigenvalue weighted by atomic mass is 16.3. The van der Waals surface area contributed by atoms with Crippen molar-refractivity contribution in [3.8, 4) is 0 Å². The Balaban J connectivity index is 1.84. The normalized spacial score (nSPS) is 18.8. The smallest absolute Gasteiger partial charge is 0.105 e. The molecule has 1 aliphatic heterocycles. The lowest BCUT2D eigenvalue weighted by atomic mass is 10.2. The molecule has 0 aromatic carbocycles. The van der Waals surface area contributed by atoms with Crippen LogP contribution in [0.15, 0.2) is 10.5 Å². The summed E-state index contributed by atoms with van der Waals surface area (Å²) in [6, 6.07) is 2.13. The van der Waals surface area contributed by atoms with Crippen LogP contribution in [0.25, 0.3) is 0 Å². The van der Waals surface area contributed by atoms with Crippen LogP contribution in [0.3, 0.4) is 0 Å². The molecule has 0 atom stereocenters. The number of hydrogen-bond acceptors (Lipinski definition) is 4. The highest BCUT2D eigenvalue weighted by molar-refractivity contribution is 5.19. The fraction of sp³-hybridized carbons (Fsp3) is 0.692. The van der Waals surface area contributed by atoms with Crippen LogP contribution < -0.4 is 0 Å². The van der Waals surface area contributed by atoms with Gasteiger partial charge in [0.2, 0.25) is 0 Å². The van der Waals surface area contributed by atoms with Crippen molar-refractivity contribution < 1.29 is 9.52 Å². The first-order chi connectivity index (χ1) is 8.19. The van der Waals surface area contributed by atoms with E-state index < -0.39 is 0 Å². The average molecular weight is 238 g/mol. The second kappa shape index (κ2) is 5.67. The van der Waals surface area contributed by atoms with E-state index in [0.29, 0.717) is 0 Å². The molecular formula is C13H22N2O2. The Morgan fingerprint density at radius 1 is 1.18 bits per heavy atom. The maximum absolute atomic E-state index is 8.89. The molecule has 0 unspecified atom stereocenters. The molecule has 4 heteroatoms. The Hall–Kier alpha value is -0.840. The van der Waals surface area contributed by atoms with Gasteiger partial charge in [-0.25, -0.2) is 0 Å². The molecule has 0 radical (unpaired) electrons. The first-order valence-electron chi connectivity index (χ1n) is 6.30. The maximum Gasteiger partial charge on any atom is 0.105 e. The molecule has 2 rings (SSSR count). The Morgan fingerprint density at radius 3 is 2.35 bits per heavy atom. The first kappa shape index (κ1) is 12.6. The van der Waals surface area contributed by atoms with Gasteiger partial charge in [-0.15, -0.1) is 0 Å². The molecule has 96 valence electrons.